The molecule has 0 saturated carbocycles. The van der Waals surface area contributed by atoms with E-state index >= 15 is 0 Å². The van der Waals surface area contributed by atoms with Gasteiger partial charge in [0.1, 0.15) is 23.2 Å². The Morgan fingerprint density at radius 3 is 2.35 bits per heavy atom. The maximum Gasteiger partial charge on any atom is 0.306 e. The van der Waals surface area contributed by atoms with Crippen molar-refractivity contribution in [3.8, 4) is 39.7 Å². The number of aromatic nitrogens is 2. The molecule has 4 aromatic rings. The molecule has 5 rings (SSSR count). The van der Waals surface area contributed by atoms with Gasteiger partial charge in [-0.25, -0.2) is 4.98 Å². The average molecular weight is 581 g/mol. The molecule has 222 valence electrons. The number of hydrogen-bond acceptors (Lipinski definition) is 6. The number of nitrogens with two attached hydrogens (primary N) is 1. The highest BCUT2D eigenvalue weighted by Crippen LogP contribution is 2.40. The van der Waals surface area contributed by atoms with Crippen molar-refractivity contribution in [2.24, 2.45) is 12.8 Å². The number of rotatable bonds is 9. The van der Waals surface area contributed by atoms with Crippen molar-refractivity contribution in [2.45, 2.75) is 51.8 Å². The van der Waals surface area contributed by atoms with Crippen molar-refractivity contribution in [1.29, 1.82) is 0 Å². The Labute approximate surface area is 251 Å². The van der Waals surface area contributed by atoms with Gasteiger partial charge in [0.05, 0.1) is 18.5 Å². The van der Waals surface area contributed by atoms with Crippen LogP contribution in [0.15, 0.2) is 72.8 Å². The van der Waals surface area contributed by atoms with Crippen LogP contribution in [-0.4, -0.2) is 51.0 Å². The largest absolute Gasteiger partial charge is 0.496 e. The highest BCUT2D eigenvalue weighted by Gasteiger charge is 2.36. The molecule has 0 aliphatic carbocycles. The smallest absolute Gasteiger partial charge is 0.306 e. The van der Waals surface area contributed by atoms with Crippen LogP contribution in [0.2, 0.25) is 0 Å². The molecule has 0 saturated heterocycles. The van der Waals surface area contributed by atoms with Gasteiger partial charge >= 0.3 is 5.97 Å². The zero-order chi connectivity index (χ0) is 30.9. The van der Waals surface area contributed by atoms with Crippen LogP contribution in [0.25, 0.3) is 33.9 Å². The van der Waals surface area contributed by atoms with E-state index in [0.29, 0.717) is 11.4 Å². The molecule has 2 amide bonds. The third kappa shape index (κ3) is 6.02. The van der Waals surface area contributed by atoms with Gasteiger partial charge < -0.3 is 24.7 Å². The Hall–Kier alpha value is -4.92. The third-order valence-electron chi connectivity index (χ3n) is 7.45. The number of primary amides is 1. The van der Waals surface area contributed by atoms with E-state index in [2.05, 4.69) is 0 Å². The fourth-order valence-corrected chi connectivity index (χ4v) is 5.54. The van der Waals surface area contributed by atoms with E-state index in [1.165, 1.54) is 4.90 Å². The number of carbonyl (C=O) groups is 3. The van der Waals surface area contributed by atoms with E-state index in [4.69, 9.17) is 20.2 Å². The average Bonchev–Trinajstić information content (AvgIpc) is 3.48. The number of amides is 2. The normalized spacial score (nSPS) is 13.5. The lowest BCUT2D eigenvalue weighted by Crippen LogP contribution is -2.45. The quantitative estimate of drug-likeness (QED) is 0.267. The lowest BCUT2D eigenvalue weighted by molar-refractivity contribution is -0.155. The Morgan fingerprint density at radius 1 is 0.977 bits per heavy atom. The van der Waals surface area contributed by atoms with Crippen LogP contribution in [0.5, 0.6) is 5.75 Å². The molecule has 1 aromatic heterocycles. The second kappa shape index (κ2) is 11.8. The fraction of sp³-hybridized carbons (Fsp3) is 0.294. The molecular weight excluding hydrogens is 544 g/mol. The lowest BCUT2D eigenvalue weighted by Gasteiger charge is -2.25. The summed E-state index contributed by atoms with van der Waals surface area (Å²) in [6, 6.07) is 22.4. The van der Waals surface area contributed by atoms with Crippen LogP contribution in [0.4, 0.5) is 0 Å². The minimum Gasteiger partial charge on any atom is -0.496 e. The van der Waals surface area contributed by atoms with E-state index in [1.54, 1.807) is 33.9 Å². The number of para-hydroxylation sites is 1. The predicted octanol–water partition coefficient (Wildman–Crippen LogP) is 5.36. The van der Waals surface area contributed by atoms with Crippen LogP contribution >= 0.6 is 0 Å². The Kier molecular flexibility index (Phi) is 8.08. The zero-order valence-corrected chi connectivity index (χ0v) is 25.1. The van der Waals surface area contributed by atoms with Gasteiger partial charge in [-0.3, -0.25) is 14.4 Å². The molecule has 3 aromatic carbocycles. The third-order valence-corrected chi connectivity index (χ3v) is 7.45. The number of hydrogen-bond donors (Lipinski definition) is 1. The number of nitrogens with zero attached hydrogens (tertiary/aromatic N) is 3. The maximum absolute atomic E-state index is 13.4. The van der Waals surface area contributed by atoms with Gasteiger partial charge in [-0.1, -0.05) is 48.5 Å². The topological polar surface area (TPSA) is 117 Å². The van der Waals surface area contributed by atoms with Crippen molar-refractivity contribution in [1.82, 2.24) is 14.5 Å². The highest BCUT2D eigenvalue weighted by atomic mass is 16.6. The molecule has 1 unspecified atom stereocenters. The molecular formula is C34H36N4O5. The molecule has 9 nitrogen and oxygen atoms in total. The summed E-state index contributed by atoms with van der Waals surface area (Å²) in [5, 5.41) is 0. The number of imidazole rings is 1. The van der Waals surface area contributed by atoms with Crippen molar-refractivity contribution >= 4 is 17.8 Å². The van der Waals surface area contributed by atoms with E-state index in [1.807, 2.05) is 78.3 Å². The molecule has 2 heterocycles. The van der Waals surface area contributed by atoms with Gasteiger partial charge in [0.2, 0.25) is 5.91 Å². The second-order valence-electron chi connectivity index (χ2n) is 11.6. The van der Waals surface area contributed by atoms with Crippen molar-refractivity contribution in [3.05, 3.63) is 83.9 Å². The van der Waals surface area contributed by atoms with Gasteiger partial charge in [-0.15, -0.1) is 0 Å². The van der Waals surface area contributed by atoms with Gasteiger partial charge in [-0.2, -0.15) is 0 Å². The molecule has 1 aliphatic rings. The molecule has 0 fully saturated rings. The van der Waals surface area contributed by atoms with Crippen molar-refractivity contribution < 1.29 is 23.9 Å². The maximum atomic E-state index is 13.4. The predicted molar refractivity (Wildman–Crippen MR) is 164 cm³/mol. The minimum absolute atomic E-state index is 0.0302. The number of carbonyl (C=O) groups excluding carboxylic acids is 3. The summed E-state index contributed by atoms with van der Waals surface area (Å²) in [7, 11) is 3.61. The zero-order valence-electron chi connectivity index (χ0n) is 25.1. The van der Waals surface area contributed by atoms with Crippen molar-refractivity contribution in [3.63, 3.8) is 0 Å². The summed E-state index contributed by atoms with van der Waals surface area (Å²) < 4.78 is 13.1. The summed E-state index contributed by atoms with van der Waals surface area (Å²) in [5.41, 5.74) is 10.7. The van der Waals surface area contributed by atoms with Crippen LogP contribution in [0.3, 0.4) is 0 Å². The number of esters is 1. The number of methoxy groups -OCH3 is 1. The molecule has 0 bridgehead atoms. The van der Waals surface area contributed by atoms with E-state index < -0.39 is 23.5 Å². The van der Waals surface area contributed by atoms with Crippen LogP contribution < -0.4 is 10.5 Å². The van der Waals surface area contributed by atoms with Crippen LogP contribution in [-0.2, 0) is 27.9 Å². The van der Waals surface area contributed by atoms with E-state index in [9.17, 15) is 14.4 Å². The molecule has 9 heteroatoms. The summed E-state index contributed by atoms with van der Waals surface area (Å²) in [4.78, 5) is 44.7. The van der Waals surface area contributed by atoms with Gasteiger partial charge in [0, 0.05) is 42.3 Å². The second-order valence-corrected chi connectivity index (χ2v) is 11.6. The first-order chi connectivity index (χ1) is 20.5. The van der Waals surface area contributed by atoms with Gasteiger partial charge in [0.15, 0.2) is 0 Å². The van der Waals surface area contributed by atoms with E-state index in [0.717, 1.165) is 39.4 Å². The van der Waals surface area contributed by atoms with Crippen LogP contribution in [0.1, 0.15) is 49.5 Å². The Morgan fingerprint density at radius 2 is 1.67 bits per heavy atom. The summed E-state index contributed by atoms with van der Waals surface area (Å²) >= 11 is 0. The summed E-state index contributed by atoms with van der Waals surface area (Å²) in [5.74, 6) is 0.0373. The van der Waals surface area contributed by atoms with Crippen LogP contribution in [0, 0.1) is 0 Å². The Bertz CT molecular complexity index is 1690. The lowest BCUT2D eigenvalue weighted by atomic mass is 10.0. The molecule has 2 N–H and O–H groups in total. The van der Waals surface area contributed by atoms with Crippen molar-refractivity contribution in [2.75, 3.05) is 7.11 Å². The standard InChI is InChI=1S/C34H36N4O5/c1-34(2,3)43-28(39)18-17-26(31(35)40)38-20-23-19-22(15-16-24(23)33(38)41)32-36-29(21-11-7-6-8-12-21)30(37(32)4)25-13-9-10-14-27(25)42-5/h6-16,19,26H,17-18,20H2,1-5H3,(H2,35,40). The molecule has 1 aliphatic heterocycles. The molecule has 43 heavy (non-hydrogen) atoms. The van der Waals surface area contributed by atoms with Gasteiger partial charge in [0.25, 0.3) is 5.91 Å². The molecule has 1 atom stereocenters. The van der Waals surface area contributed by atoms with E-state index in [-0.39, 0.29) is 25.3 Å². The summed E-state index contributed by atoms with van der Waals surface area (Å²) in [6.45, 7) is 5.52. The minimum atomic E-state index is -0.939. The number of benzene rings is 3. The first kappa shape index (κ1) is 29.6. The first-order valence-corrected chi connectivity index (χ1v) is 14.2. The monoisotopic (exact) mass is 580 g/mol. The Balaban J connectivity index is 1.49. The number of fused-ring (bicyclic) bond motifs is 1. The number of ether oxygens (including phenoxy) is 2. The SMILES string of the molecule is COc1ccccc1-c1c(-c2ccccc2)nc(-c2ccc3c(c2)CN(C(CCC(=O)OC(C)(C)C)C(N)=O)C3=O)n1C. The highest BCUT2D eigenvalue weighted by molar-refractivity contribution is 6.01. The van der Waals surface area contributed by atoms with Gasteiger partial charge in [-0.05, 0) is 57.0 Å². The molecule has 0 radical (unpaired) electrons. The molecule has 0 spiro atoms. The summed E-state index contributed by atoms with van der Waals surface area (Å²) in [6.07, 6.45) is 0.0520. The fourth-order valence-electron chi connectivity index (χ4n) is 5.54. The first-order valence-electron chi connectivity index (χ1n) is 14.2.